The van der Waals surface area contributed by atoms with E-state index in [0.717, 1.165) is 4.57 Å². The van der Waals surface area contributed by atoms with Crippen LogP contribution in [0, 0.1) is 11.7 Å². The third-order valence-electron chi connectivity index (χ3n) is 5.33. The maximum Gasteiger partial charge on any atom is 0.328 e. The second kappa shape index (κ2) is 15.6. The lowest BCUT2D eigenvalue weighted by atomic mass is 10.0. The molecule has 0 aliphatic heterocycles. The zero-order chi connectivity index (χ0) is 27.5. The van der Waals surface area contributed by atoms with Crippen molar-refractivity contribution < 1.29 is 23.5 Å². The number of ether oxygens (including phenoxy) is 1. The zero-order valence-electron chi connectivity index (χ0n) is 21.4. The minimum atomic E-state index is -1.07. The van der Waals surface area contributed by atoms with Crippen LogP contribution >= 0.6 is 12.4 Å². The van der Waals surface area contributed by atoms with E-state index in [0.29, 0.717) is 30.6 Å². The van der Waals surface area contributed by atoms with Gasteiger partial charge in [-0.3, -0.25) is 23.7 Å². The highest BCUT2D eigenvalue weighted by molar-refractivity contribution is 5.98. The van der Waals surface area contributed by atoms with Gasteiger partial charge in [-0.25, -0.2) is 4.79 Å². The summed E-state index contributed by atoms with van der Waals surface area (Å²) in [7, 11) is 0. The third kappa shape index (κ3) is 9.72. The number of aromatic amines is 1. The zero-order valence-corrected chi connectivity index (χ0v) is 22.2. The number of nitrogens with one attached hydrogen (secondary N) is 4. The van der Waals surface area contributed by atoms with Gasteiger partial charge in [0.2, 0.25) is 23.5 Å². The molecule has 0 unspecified atom stereocenters. The van der Waals surface area contributed by atoms with E-state index in [2.05, 4.69) is 20.9 Å². The Labute approximate surface area is 224 Å². The third-order valence-corrected chi connectivity index (χ3v) is 5.33. The molecule has 0 spiro atoms. The van der Waals surface area contributed by atoms with Gasteiger partial charge in [0.25, 0.3) is 5.56 Å². The number of hydrogen-bond donors (Lipinski definition) is 5. The summed E-state index contributed by atoms with van der Waals surface area (Å²) in [6.45, 7) is 5.76. The molecule has 0 fully saturated rings. The molecule has 1 heterocycles. The molecule has 6 N–H and O–H groups in total. The SMILES string of the molecule is CC(C)[C@H](NC(=O)CCOCCN)C(=O)N[C@@H](C)C(=O)Nc1ccc(Cn2c(=O)[nH]cc(F)c2=O)cc1.Cl. The molecule has 12 nitrogen and oxygen atoms in total. The first-order valence-corrected chi connectivity index (χ1v) is 11.8. The van der Waals surface area contributed by atoms with Crippen LogP contribution in [-0.2, 0) is 25.7 Å². The summed E-state index contributed by atoms with van der Waals surface area (Å²) in [4.78, 5) is 63.2. The fraction of sp³-hybridized carbons (Fsp3) is 0.458. The normalized spacial score (nSPS) is 12.3. The quantitative estimate of drug-likeness (QED) is 0.217. The number of carbonyl (C=O) groups excluding carboxylic acids is 3. The molecular formula is C24H34ClFN6O6. The fourth-order valence-corrected chi connectivity index (χ4v) is 3.26. The van der Waals surface area contributed by atoms with Crippen LogP contribution in [0.1, 0.15) is 32.8 Å². The van der Waals surface area contributed by atoms with Crippen molar-refractivity contribution in [2.24, 2.45) is 11.7 Å². The van der Waals surface area contributed by atoms with Crippen molar-refractivity contribution in [3.05, 3.63) is 62.7 Å². The Kier molecular flexibility index (Phi) is 13.4. The Hall–Kier alpha value is -3.55. The summed E-state index contributed by atoms with van der Waals surface area (Å²) in [5.74, 6) is -2.66. The van der Waals surface area contributed by atoms with Crippen LogP contribution in [0.3, 0.4) is 0 Å². The topological polar surface area (TPSA) is 177 Å². The summed E-state index contributed by atoms with van der Waals surface area (Å²) in [5.41, 5.74) is 4.48. The van der Waals surface area contributed by atoms with Crippen molar-refractivity contribution in [3.8, 4) is 0 Å². The van der Waals surface area contributed by atoms with Crippen LogP contribution < -0.4 is 32.9 Å². The van der Waals surface area contributed by atoms with E-state index in [1.54, 1.807) is 38.1 Å². The minimum absolute atomic E-state index is 0. The van der Waals surface area contributed by atoms with Crippen LogP contribution in [0.25, 0.3) is 0 Å². The highest BCUT2D eigenvalue weighted by Gasteiger charge is 2.27. The molecule has 0 aliphatic rings. The van der Waals surface area contributed by atoms with Gasteiger partial charge in [-0.05, 0) is 30.5 Å². The summed E-state index contributed by atoms with van der Waals surface area (Å²) in [6.07, 6.45) is 0.779. The molecule has 2 aromatic rings. The number of rotatable bonds is 13. The van der Waals surface area contributed by atoms with E-state index in [-0.39, 0.29) is 43.8 Å². The average Bonchev–Trinajstić information content (AvgIpc) is 2.86. The lowest BCUT2D eigenvalue weighted by Crippen LogP contribution is -2.53. The summed E-state index contributed by atoms with van der Waals surface area (Å²) in [6, 6.07) is 4.47. The molecule has 2 atom stereocenters. The molecule has 3 amide bonds. The van der Waals surface area contributed by atoms with Gasteiger partial charge in [-0.1, -0.05) is 26.0 Å². The molecule has 0 saturated heterocycles. The van der Waals surface area contributed by atoms with E-state index in [9.17, 15) is 28.4 Å². The van der Waals surface area contributed by atoms with E-state index in [1.807, 2.05) is 0 Å². The van der Waals surface area contributed by atoms with Crippen LogP contribution in [0.4, 0.5) is 10.1 Å². The smallest absolute Gasteiger partial charge is 0.328 e. The molecule has 1 aromatic carbocycles. The molecule has 14 heteroatoms. The number of aromatic nitrogens is 2. The van der Waals surface area contributed by atoms with Crippen LogP contribution in [0.5, 0.6) is 0 Å². The number of halogens is 2. The maximum atomic E-state index is 13.5. The molecule has 0 radical (unpaired) electrons. The fourth-order valence-electron chi connectivity index (χ4n) is 3.26. The van der Waals surface area contributed by atoms with Crippen molar-refractivity contribution in [2.75, 3.05) is 25.1 Å². The number of anilines is 1. The Morgan fingerprint density at radius 3 is 2.32 bits per heavy atom. The van der Waals surface area contributed by atoms with Gasteiger partial charge >= 0.3 is 5.69 Å². The van der Waals surface area contributed by atoms with Gasteiger partial charge in [-0.2, -0.15) is 4.39 Å². The first-order valence-electron chi connectivity index (χ1n) is 11.8. The monoisotopic (exact) mass is 556 g/mol. The Balaban J connectivity index is 0.00000722. The number of benzene rings is 1. The Bertz CT molecular complexity index is 1200. The molecule has 0 bridgehead atoms. The average molecular weight is 557 g/mol. The summed E-state index contributed by atoms with van der Waals surface area (Å²) < 4.78 is 19.4. The molecule has 210 valence electrons. The Morgan fingerprint density at radius 1 is 1.05 bits per heavy atom. The van der Waals surface area contributed by atoms with E-state index >= 15 is 0 Å². The van der Waals surface area contributed by atoms with Gasteiger partial charge in [-0.15, -0.1) is 12.4 Å². The predicted octanol–water partition coefficient (Wildman–Crippen LogP) is 0.0952. The van der Waals surface area contributed by atoms with Crippen LogP contribution in [0.15, 0.2) is 40.1 Å². The maximum absolute atomic E-state index is 13.5. The van der Waals surface area contributed by atoms with Crippen molar-refractivity contribution in [1.29, 1.82) is 0 Å². The van der Waals surface area contributed by atoms with Crippen LogP contribution in [-0.4, -0.2) is 59.1 Å². The summed E-state index contributed by atoms with van der Waals surface area (Å²) >= 11 is 0. The number of nitrogens with zero attached hydrogens (tertiary/aromatic N) is 1. The number of carbonyl (C=O) groups is 3. The second-order valence-electron chi connectivity index (χ2n) is 8.69. The van der Waals surface area contributed by atoms with Crippen LogP contribution in [0.2, 0.25) is 0 Å². The van der Waals surface area contributed by atoms with Crippen molar-refractivity contribution in [2.45, 2.75) is 45.8 Å². The number of hydrogen-bond acceptors (Lipinski definition) is 7. The van der Waals surface area contributed by atoms with Gasteiger partial charge in [0.1, 0.15) is 12.1 Å². The van der Waals surface area contributed by atoms with Crippen molar-refractivity contribution in [1.82, 2.24) is 20.2 Å². The molecule has 38 heavy (non-hydrogen) atoms. The Morgan fingerprint density at radius 2 is 1.71 bits per heavy atom. The second-order valence-corrected chi connectivity index (χ2v) is 8.69. The van der Waals surface area contributed by atoms with Crippen molar-refractivity contribution in [3.63, 3.8) is 0 Å². The summed E-state index contributed by atoms with van der Waals surface area (Å²) in [5, 5.41) is 7.91. The van der Waals surface area contributed by atoms with Gasteiger partial charge < -0.3 is 31.4 Å². The minimum Gasteiger partial charge on any atom is -0.380 e. The number of amides is 3. The highest BCUT2D eigenvalue weighted by atomic mass is 35.5. The molecule has 0 aliphatic carbocycles. The standard InChI is InChI=1S/C24H33FN6O6.ClH/c1-14(2)20(30-19(32)8-10-37-11-9-26)22(34)28-15(3)21(33)29-17-6-4-16(5-7-17)13-31-23(35)18(25)12-27-24(31)36;/h4-7,12,14-15,20H,8-11,13,26H2,1-3H3,(H,27,36)(H,28,34)(H,29,33)(H,30,32);1H/t15-,20-;/m0./s1. The van der Waals surface area contributed by atoms with Gasteiger partial charge in [0.15, 0.2) is 0 Å². The number of nitrogens with two attached hydrogens (primary N) is 1. The largest absolute Gasteiger partial charge is 0.380 e. The molecule has 1 aromatic heterocycles. The number of H-pyrrole nitrogens is 1. The van der Waals surface area contributed by atoms with E-state index in [4.69, 9.17) is 10.5 Å². The van der Waals surface area contributed by atoms with E-state index < -0.39 is 41.0 Å². The van der Waals surface area contributed by atoms with Gasteiger partial charge in [0.05, 0.1) is 19.8 Å². The lowest BCUT2D eigenvalue weighted by Gasteiger charge is -2.24. The first kappa shape index (κ1) is 32.5. The molecule has 0 saturated carbocycles. The first-order chi connectivity index (χ1) is 17.5. The van der Waals surface area contributed by atoms with E-state index in [1.165, 1.54) is 6.92 Å². The highest BCUT2D eigenvalue weighted by Crippen LogP contribution is 2.11. The van der Waals surface area contributed by atoms with Crippen molar-refractivity contribution >= 4 is 35.8 Å². The predicted molar refractivity (Wildman–Crippen MR) is 142 cm³/mol. The lowest BCUT2D eigenvalue weighted by molar-refractivity contribution is -0.132. The molecule has 2 rings (SSSR count). The molecular weight excluding hydrogens is 523 g/mol. The van der Waals surface area contributed by atoms with Gasteiger partial charge in [0, 0.05) is 24.8 Å².